The molecule has 2 aromatic carbocycles. The molecule has 1 saturated heterocycles. The zero-order chi connectivity index (χ0) is 16.8. The molecule has 1 heterocycles. The van der Waals surface area contributed by atoms with Gasteiger partial charge < -0.3 is 4.74 Å². The predicted octanol–water partition coefficient (Wildman–Crippen LogP) is 4.06. The first kappa shape index (κ1) is 17.3. The van der Waals surface area contributed by atoms with Crippen LogP contribution >= 0.6 is 11.6 Å². The van der Waals surface area contributed by atoms with E-state index in [9.17, 15) is 0 Å². The Hall–Kier alpha value is -1.55. The molecule has 1 aliphatic rings. The highest BCUT2D eigenvalue weighted by Gasteiger charge is 2.17. The average molecular weight is 345 g/mol. The van der Waals surface area contributed by atoms with Gasteiger partial charge in [-0.3, -0.25) is 9.80 Å². The van der Waals surface area contributed by atoms with Gasteiger partial charge in [0.05, 0.1) is 6.61 Å². The number of benzene rings is 2. The monoisotopic (exact) mass is 344 g/mol. The van der Waals surface area contributed by atoms with Crippen LogP contribution in [0.5, 0.6) is 5.75 Å². The summed E-state index contributed by atoms with van der Waals surface area (Å²) in [5, 5.41) is 0.821. The van der Waals surface area contributed by atoms with Crippen LogP contribution < -0.4 is 4.74 Å². The Labute approximate surface area is 149 Å². The standard InChI is InChI=1S/C20H25ClN2O/c1-2-24-20-8-6-17(7-9-20)15-22-10-12-23(13-11-22)16-18-4-3-5-19(21)14-18/h3-9,14H,2,10-13,15-16H2,1H3. The summed E-state index contributed by atoms with van der Waals surface area (Å²) in [4.78, 5) is 5.02. The molecule has 0 aliphatic carbocycles. The number of halogens is 1. The molecule has 0 bridgehead atoms. The lowest BCUT2D eigenvalue weighted by Crippen LogP contribution is -2.45. The molecule has 0 amide bonds. The van der Waals surface area contributed by atoms with Gasteiger partial charge in [-0.15, -0.1) is 0 Å². The lowest BCUT2D eigenvalue weighted by molar-refractivity contribution is 0.122. The van der Waals surface area contributed by atoms with Gasteiger partial charge in [0.25, 0.3) is 0 Å². The van der Waals surface area contributed by atoms with Crippen molar-refractivity contribution in [1.82, 2.24) is 9.80 Å². The minimum Gasteiger partial charge on any atom is -0.494 e. The second kappa shape index (κ2) is 8.52. The van der Waals surface area contributed by atoms with E-state index in [1.165, 1.54) is 11.1 Å². The quantitative estimate of drug-likeness (QED) is 0.786. The van der Waals surface area contributed by atoms with Crippen LogP contribution in [-0.4, -0.2) is 42.6 Å². The molecule has 24 heavy (non-hydrogen) atoms. The summed E-state index contributed by atoms with van der Waals surface area (Å²) < 4.78 is 5.50. The van der Waals surface area contributed by atoms with E-state index in [1.807, 2.05) is 19.1 Å². The van der Waals surface area contributed by atoms with Gasteiger partial charge in [-0.05, 0) is 42.3 Å². The van der Waals surface area contributed by atoms with Crippen molar-refractivity contribution in [1.29, 1.82) is 0 Å². The fourth-order valence-electron chi connectivity index (χ4n) is 3.11. The number of ether oxygens (including phenoxy) is 1. The molecule has 0 unspecified atom stereocenters. The summed E-state index contributed by atoms with van der Waals surface area (Å²) in [5.41, 5.74) is 2.64. The average Bonchev–Trinajstić information content (AvgIpc) is 2.59. The van der Waals surface area contributed by atoms with Crippen LogP contribution in [0.1, 0.15) is 18.1 Å². The molecular weight excluding hydrogens is 320 g/mol. The van der Waals surface area contributed by atoms with Crippen LogP contribution in [0, 0.1) is 0 Å². The molecule has 128 valence electrons. The fraction of sp³-hybridized carbons (Fsp3) is 0.400. The first-order chi connectivity index (χ1) is 11.7. The molecule has 0 aromatic heterocycles. The minimum absolute atomic E-state index is 0.716. The van der Waals surface area contributed by atoms with Crippen molar-refractivity contribution in [2.75, 3.05) is 32.8 Å². The summed E-state index contributed by atoms with van der Waals surface area (Å²) in [7, 11) is 0. The van der Waals surface area contributed by atoms with Crippen molar-refractivity contribution >= 4 is 11.6 Å². The van der Waals surface area contributed by atoms with Gasteiger partial charge in [-0.2, -0.15) is 0 Å². The maximum atomic E-state index is 6.07. The molecule has 3 nitrogen and oxygen atoms in total. The number of piperazine rings is 1. The predicted molar refractivity (Wildman–Crippen MR) is 99.6 cm³/mol. The fourth-order valence-corrected chi connectivity index (χ4v) is 3.33. The molecule has 1 fully saturated rings. The largest absolute Gasteiger partial charge is 0.494 e. The van der Waals surface area contributed by atoms with Crippen LogP contribution in [0.25, 0.3) is 0 Å². The van der Waals surface area contributed by atoms with Crippen LogP contribution in [0.2, 0.25) is 5.02 Å². The van der Waals surface area contributed by atoms with E-state index in [4.69, 9.17) is 16.3 Å². The molecule has 4 heteroatoms. The van der Waals surface area contributed by atoms with Gasteiger partial charge in [-0.25, -0.2) is 0 Å². The zero-order valence-electron chi connectivity index (χ0n) is 14.2. The van der Waals surface area contributed by atoms with Crippen molar-refractivity contribution in [3.63, 3.8) is 0 Å². The summed E-state index contributed by atoms with van der Waals surface area (Å²) in [6.45, 7) is 9.13. The second-order valence-corrected chi connectivity index (χ2v) is 6.70. The maximum Gasteiger partial charge on any atom is 0.119 e. The van der Waals surface area contributed by atoms with Gasteiger partial charge in [0.15, 0.2) is 0 Å². The Bertz CT molecular complexity index is 636. The smallest absolute Gasteiger partial charge is 0.119 e. The van der Waals surface area contributed by atoms with Crippen molar-refractivity contribution in [3.05, 3.63) is 64.7 Å². The van der Waals surface area contributed by atoms with E-state index in [0.717, 1.165) is 50.0 Å². The second-order valence-electron chi connectivity index (χ2n) is 6.26. The zero-order valence-corrected chi connectivity index (χ0v) is 15.0. The number of hydrogen-bond donors (Lipinski definition) is 0. The van der Waals surface area contributed by atoms with E-state index in [1.54, 1.807) is 0 Å². The molecular formula is C20H25ClN2O. The molecule has 0 radical (unpaired) electrons. The van der Waals surface area contributed by atoms with E-state index >= 15 is 0 Å². The van der Waals surface area contributed by atoms with Crippen molar-refractivity contribution in [2.24, 2.45) is 0 Å². The van der Waals surface area contributed by atoms with Gasteiger partial charge in [0.2, 0.25) is 0 Å². The maximum absolute atomic E-state index is 6.07. The van der Waals surface area contributed by atoms with Crippen molar-refractivity contribution in [2.45, 2.75) is 20.0 Å². The first-order valence-electron chi connectivity index (χ1n) is 8.64. The number of hydrogen-bond acceptors (Lipinski definition) is 3. The molecule has 0 atom stereocenters. The van der Waals surface area contributed by atoms with Crippen LogP contribution in [0.15, 0.2) is 48.5 Å². The summed E-state index contributed by atoms with van der Waals surface area (Å²) >= 11 is 6.07. The van der Waals surface area contributed by atoms with E-state index in [-0.39, 0.29) is 0 Å². The Morgan fingerprint density at radius 2 is 1.50 bits per heavy atom. The highest BCUT2D eigenvalue weighted by Crippen LogP contribution is 2.16. The third kappa shape index (κ3) is 4.97. The highest BCUT2D eigenvalue weighted by atomic mass is 35.5. The van der Waals surface area contributed by atoms with E-state index in [0.29, 0.717) is 6.61 Å². The Morgan fingerprint density at radius 1 is 0.875 bits per heavy atom. The number of nitrogens with zero attached hydrogens (tertiary/aromatic N) is 2. The Morgan fingerprint density at radius 3 is 2.08 bits per heavy atom. The Balaban J connectivity index is 1.46. The topological polar surface area (TPSA) is 15.7 Å². The lowest BCUT2D eigenvalue weighted by Gasteiger charge is -2.34. The van der Waals surface area contributed by atoms with Crippen LogP contribution in [0.3, 0.4) is 0 Å². The molecule has 0 saturated carbocycles. The lowest BCUT2D eigenvalue weighted by atomic mass is 10.1. The Kier molecular flexibility index (Phi) is 6.13. The van der Waals surface area contributed by atoms with Crippen LogP contribution in [0.4, 0.5) is 0 Å². The highest BCUT2D eigenvalue weighted by molar-refractivity contribution is 6.30. The normalized spacial score (nSPS) is 16.2. The summed E-state index contributed by atoms with van der Waals surface area (Å²) in [6, 6.07) is 16.6. The molecule has 3 rings (SSSR count). The van der Waals surface area contributed by atoms with Gasteiger partial charge in [0, 0.05) is 44.3 Å². The van der Waals surface area contributed by atoms with Gasteiger partial charge >= 0.3 is 0 Å². The number of rotatable bonds is 6. The van der Waals surface area contributed by atoms with E-state index in [2.05, 4.69) is 46.2 Å². The summed E-state index contributed by atoms with van der Waals surface area (Å²) in [5.74, 6) is 0.951. The summed E-state index contributed by atoms with van der Waals surface area (Å²) in [6.07, 6.45) is 0. The molecule has 1 aliphatic heterocycles. The molecule has 2 aromatic rings. The first-order valence-corrected chi connectivity index (χ1v) is 9.01. The molecule has 0 spiro atoms. The minimum atomic E-state index is 0.716. The van der Waals surface area contributed by atoms with Crippen molar-refractivity contribution in [3.8, 4) is 5.75 Å². The SMILES string of the molecule is CCOc1ccc(CN2CCN(Cc3cccc(Cl)c3)CC2)cc1. The van der Waals surface area contributed by atoms with Gasteiger partial charge in [-0.1, -0.05) is 35.9 Å². The van der Waals surface area contributed by atoms with E-state index < -0.39 is 0 Å². The van der Waals surface area contributed by atoms with Crippen molar-refractivity contribution < 1.29 is 4.74 Å². The third-order valence-electron chi connectivity index (χ3n) is 4.40. The van der Waals surface area contributed by atoms with Gasteiger partial charge in [0.1, 0.15) is 5.75 Å². The molecule has 0 N–H and O–H groups in total. The van der Waals surface area contributed by atoms with Crippen LogP contribution in [-0.2, 0) is 13.1 Å². The third-order valence-corrected chi connectivity index (χ3v) is 4.64.